The number of carbonyl (C=O) groups excluding carboxylic acids is 4. The molecular formula is C21H27N3O5. The molecule has 8 nitrogen and oxygen atoms in total. The molecule has 4 amide bonds. The Morgan fingerprint density at radius 1 is 1.14 bits per heavy atom. The van der Waals surface area contributed by atoms with Gasteiger partial charge in [-0.15, -0.1) is 0 Å². The fourth-order valence-corrected chi connectivity index (χ4v) is 3.08. The summed E-state index contributed by atoms with van der Waals surface area (Å²) in [4.78, 5) is 49.3. The molecule has 0 aliphatic carbocycles. The standard InChI is InChI=1S/C21H27N3O5/c1-14(2)18(19(26)23-21(22)28)29-20(27)16-10-12-24(13-11-16)17(25)9-8-15-6-4-3-5-7-15/h3-9,14,16,18H,10-13H2,1-2H3,(H3,22,23,26,28)/b9-8+. The third-order valence-corrected chi connectivity index (χ3v) is 4.71. The van der Waals surface area contributed by atoms with Crippen molar-refractivity contribution < 1.29 is 23.9 Å². The highest BCUT2D eigenvalue weighted by atomic mass is 16.5. The number of nitrogens with two attached hydrogens (primary N) is 1. The van der Waals surface area contributed by atoms with Crippen molar-refractivity contribution in [3.63, 3.8) is 0 Å². The number of rotatable bonds is 6. The van der Waals surface area contributed by atoms with Crippen molar-refractivity contribution in [1.29, 1.82) is 0 Å². The second kappa shape index (κ2) is 10.4. The fourth-order valence-electron chi connectivity index (χ4n) is 3.08. The molecule has 2 rings (SSSR count). The molecular weight excluding hydrogens is 374 g/mol. The van der Waals surface area contributed by atoms with Crippen LogP contribution in [0.4, 0.5) is 4.79 Å². The van der Waals surface area contributed by atoms with Gasteiger partial charge in [0, 0.05) is 19.2 Å². The Kier molecular flexibility index (Phi) is 7.94. The van der Waals surface area contributed by atoms with Crippen molar-refractivity contribution in [2.45, 2.75) is 32.8 Å². The fraction of sp³-hybridized carbons (Fsp3) is 0.429. The first kappa shape index (κ1) is 22.1. The number of carbonyl (C=O) groups is 4. The van der Waals surface area contributed by atoms with Gasteiger partial charge in [-0.3, -0.25) is 19.7 Å². The van der Waals surface area contributed by atoms with Crippen molar-refractivity contribution >= 4 is 29.9 Å². The minimum Gasteiger partial charge on any atom is -0.452 e. The summed E-state index contributed by atoms with van der Waals surface area (Å²) in [6.45, 7) is 4.27. The van der Waals surface area contributed by atoms with Gasteiger partial charge < -0.3 is 15.4 Å². The zero-order valence-electron chi connectivity index (χ0n) is 16.7. The smallest absolute Gasteiger partial charge is 0.318 e. The summed E-state index contributed by atoms with van der Waals surface area (Å²) >= 11 is 0. The van der Waals surface area contributed by atoms with Crippen molar-refractivity contribution in [3.8, 4) is 0 Å². The van der Waals surface area contributed by atoms with E-state index in [0.717, 1.165) is 5.56 Å². The molecule has 1 aliphatic heterocycles. The van der Waals surface area contributed by atoms with Crippen LogP contribution in [0.3, 0.4) is 0 Å². The number of imide groups is 1. The van der Waals surface area contributed by atoms with Gasteiger partial charge in [0.25, 0.3) is 5.91 Å². The molecule has 29 heavy (non-hydrogen) atoms. The Bertz CT molecular complexity index is 768. The number of nitrogens with one attached hydrogen (secondary N) is 1. The number of amides is 4. The molecule has 8 heteroatoms. The minimum atomic E-state index is -1.09. The van der Waals surface area contributed by atoms with E-state index >= 15 is 0 Å². The molecule has 1 aromatic rings. The number of likely N-dealkylation sites (tertiary alicyclic amines) is 1. The van der Waals surface area contributed by atoms with E-state index in [-0.39, 0.29) is 11.8 Å². The number of esters is 1. The number of hydrogen-bond donors (Lipinski definition) is 2. The van der Waals surface area contributed by atoms with Gasteiger partial charge in [0.1, 0.15) is 0 Å². The van der Waals surface area contributed by atoms with Crippen molar-refractivity contribution in [3.05, 3.63) is 42.0 Å². The SMILES string of the molecule is CC(C)C(OC(=O)C1CCN(C(=O)/C=C/c2ccccc2)CC1)C(=O)NC(N)=O. The second-order valence-electron chi connectivity index (χ2n) is 7.30. The molecule has 1 aromatic carbocycles. The molecule has 0 radical (unpaired) electrons. The van der Waals surface area contributed by atoms with E-state index in [1.54, 1.807) is 24.8 Å². The van der Waals surface area contributed by atoms with Gasteiger partial charge in [-0.2, -0.15) is 0 Å². The summed E-state index contributed by atoms with van der Waals surface area (Å²) in [5, 5.41) is 1.94. The van der Waals surface area contributed by atoms with Gasteiger partial charge in [0.2, 0.25) is 5.91 Å². The first-order valence-corrected chi connectivity index (χ1v) is 9.60. The monoisotopic (exact) mass is 401 g/mol. The van der Waals surface area contributed by atoms with Crippen molar-refractivity contribution in [2.24, 2.45) is 17.6 Å². The molecule has 0 saturated carbocycles. The summed E-state index contributed by atoms with van der Waals surface area (Å²) < 4.78 is 5.34. The zero-order chi connectivity index (χ0) is 21.4. The number of primary amides is 1. The highest BCUT2D eigenvalue weighted by molar-refractivity contribution is 5.97. The van der Waals surface area contributed by atoms with Gasteiger partial charge in [0.05, 0.1) is 5.92 Å². The third-order valence-electron chi connectivity index (χ3n) is 4.71. The van der Waals surface area contributed by atoms with Crippen LogP contribution in [0.2, 0.25) is 0 Å². The molecule has 1 aliphatic rings. The number of urea groups is 1. The largest absolute Gasteiger partial charge is 0.452 e. The lowest BCUT2D eigenvalue weighted by atomic mass is 9.96. The minimum absolute atomic E-state index is 0.110. The summed E-state index contributed by atoms with van der Waals surface area (Å²) in [5.41, 5.74) is 5.89. The number of ether oxygens (including phenoxy) is 1. The van der Waals surface area contributed by atoms with Gasteiger partial charge >= 0.3 is 12.0 Å². The predicted octanol–water partition coefficient (Wildman–Crippen LogP) is 1.70. The van der Waals surface area contributed by atoms with E-state index in [1.807, 2.05) is 35.6 Å². The Balaban J connectivity index is 1.86. The average Bonchev–Trinajstić information content (AvgIpc) is 2.70. The summed E-state index contributed by atoms with van der Waals surface area (Å²) in [7, 11) is 0. The highest BCUT2D eigenvalue weighted by Crippen LogP contribution is 2.21. The molecule has 1 saturated heterocycles. The van der Waals surface area contributed by atoms with Crippen LogP contribution in [0.15, 0.2) is 36.4 Å². The van der Waals surface area contributed by atoms with E-state index in [4.69, 9.17) is 10.5 Å². The number of hydrogen-bond acceptors (Lipinski definition) is 5. The Morgan fingerprint density at radius 3 is 2.31 bits per heavy atom. The van der Waals surface area contributed by atoms with E-state index in [0.29, 0.717) is 25.9 Å². The molecule has 0 bridgehead atoms. The Hall–Kier alpha value is -3.16. The molecule has 1 fully saturated rings. The van der Waals surface area contributed by atoms with E-state index in [9.17, 15) is 19.2 Å². The average molecular weight is 401 g/mol. The topological polar surface area (TPSA) is 119 Å². The van der Waals surface area contributed by atoms with Gasteiger partial charge in [-0.25, -0.2) is 4.79 Å². The van der Waals surface area contributed by atoms with Gasteiger partial charge in [-0.1, -0.05) is 44.2 Å². The van der Waals surface area contributed by atoms with E-state index < -0.39 is 29.9 Å². The normalized spacial score (nSPS) is 15.9. The second-order valence-corrected chi connectivity index (χ2v) is 7.30. The predicted molar refractivity (Wildman–Crippen MR) is 107 cm³/mol. The van der Waals surface area contributed by atoms with Crippen LogP contribution in [0.5, 0.6) is 0 Å². The molecule has 0 spiro atoms. The maximum atomic E-state index is 12.5. The molecule has 3 N–H and O–H groups in total. The Morgan fingerprint density at radius 2 is 1.76 bits per heavy atom. The molecule has 0 aromatic heterocycles. The van der Waals surface area contributed by atoms with Gasteiger partial charge in [-0.05, 0) is 30.4 Å². The maximum absolute atomic E-state index is 12.5. The van der Waals surface area contributed by atoms with Crippen LogP contribution < -0.4 is 11.1 Å². The zero-order valence-corrected chi connectivity index (χ0v) is 16.7. The number of piperidine rings is 1. The maximum Gasteiger partial charge on any atom is 0.318 e. The van der Waals surface area contributed by atoms with Crippen LogP contribution in [0, 0.1) is 11.8 Å². The number of benzene rings is 1. The summed E-state index contributed by atoms with van der Waals surface area (Å²) in [6, 6.07) is 8.53. The summed E-state index contributed by atoms with van der Waals surface area (Å²) in [6.07, 6.45) is 3.09. The van der Waals surface area contributed by atoms with E-state index in [1.165, 1.54) is 6.08 Å². The molecule has 1 unspecified atom stereocenters. The summed E-state index contributed by atoms with van der Waals surface area (Å²) in [5.74, 6) is -2.07. The number of nitrogens with zero attached hydrogens (tertiary/aromatic N) is 1. The van der Waals surface area contributed by atoms with Crippen LogP contribution in [0.1, 0.15) is 32.3 Å². The lowest BCUT2D eigenvalue weighted by molar-refractivity contribution is -0.164. The van der Waals surface area contributed by atoms with Crippen molar-refractivity contribution in [1.82, 2.24) is 10.2 Å². The molecule has 1 atom stereocenters. The van der Waals surface area contributed by atoms with Crippen LogP contribution in [-0.2, 0) is 19.1 Å². The lowest BCUT2D eigenvalue weighted by Crippen LogP contribution is -2.47. The van der Waals surface area contributed by atoms with Crippen molar-refractivity contribution in [2.75, 3.05) is 13.1 Å². The van der Waals surface area contributed by atoms with Crippen LogP contribution in [-0.4, -0.2) is 47.9 Å². The first-order valence-electron chi connectivity index (χ1n) is 9.60. The molecule has 156 valence electrons. The van der Waals surface area contributed by atoms with E-state index in [2.05, 4.69) is 0 Å². The highest BCUT2D eigenvalue weighted by Gasteiger charge is 2.33. The first-order chi connectivity index (χ1) is 13.8. The quantitative estimate of drug-likeness (QED) is 0.555. The lowest BCUT2D eigenvalue weighted by Gasteiger charge is -2.31. The third kappa shape index (κ3) is 6.74. The Labute approximate surface area is 170 Å². The van der Waals surface area contributed by atoms with Crippen LogP contribution >= 0.6 is 0 Å². The van der Waals surface area contributed by atoms with Crippen LogP contribution in [0.25, 0.3) is 6.08 Å². The molecule has 1 heterocycles. The van der Waals surface area contributed by atoms with Gasteiger partial charge in [0.15, 0.2) is 6.10 Å².